The highest BCUT2D eigenvalue weighted by Gasteiger charge is 2.32. The van der Waals surface area contributed by atoms with E-state index in [4.69, 9.17) is 16.3 Å². The van der Waals surface area contributed by atoms with Crippen LogP contribution in [0.15, 0.2) is 46.7 Å². The molecule has 0 saturated carbocycles. The fraction of sp³-hybridized carbons (Fsp3) is 0.333. The number of ether oxygens (including phenoxy) is 1. The molecule has 1 atom stereocenters. The third kappa shape index (κ3) is 3.70. The summed E-state index contributed by atoms with van der Waals surface area (Å²) in [5, 5.41) is 0. The van der Waals surface area contributed by atoms with Gasteiger partial charge in [-0.25, -0.2) is 13.1 Å². The molecule has 22 heavy (non-hydrogen) atoms. The van der Waals surface area contributed by atoms with E-state index in [-0.39, 0.29) is 10.8 Å². The van der Waals surface area contributed by atoms with E-state index in [1.54, 1.807) is 13.2 Å². The SMILES string of the molecule is CCC(CNS(=O)(=O)c1ccc(Cl)s1)(OC)c1ccccc1. The van der Waals surface area contributed by atoms with Gasteiger partial charge in [0.1, 0.15) is 9.81 Å². The van der Waals surface area contributed by atoms with Crippen molar-refractivity contribution < 1.29 is 13.2 Å². The summed E-state index contributed by atoms with van der Waals surface area (Å²) in [7, 11) is -2.01. The van der Waals surface area contributed by atoms with Gasteiger partial charge in [0.25, 0.3) is 0 Å². The highest BCUT2D eigenvalue weighted by molar-refractivity contribution is 7.91. The third-order valence-corrected chi connectivity index (χ3v) is 6.75. The number of nitrogens with one attached hydrogen (secondary N) is 1. The Bertz CT molecular complexity index is 709. The van der Waals surface area contributed by atoms with E-state index in [1.165, 1.54) is 6.07 Å². The summed E-state index contributed by atoms with van der Waals surface area (Å²) in [4.78, 5) is 0. The van der Waals surface area contributed by atoms with E-state index in [9.17, 15) is 8.42 Å². The average Bonchev–Trinajstić information content (AvgIpc) is 2.97. The van der Waals surface area contributed by atoms with Gasteiger partial charge < -0.3 is 4.74 Å². The maximum Gasteiger partial charge on any atom is 0.250 e. The Morgan fingerprint density at radius 2 is 1.91 bits per heavy atom. The van der Waals surface area contributed by atoms with Crippen molar-refractivity contribution in [3.63, 3.8) is 0 Å². The second kappa shape index (κ2) is 7.10. The van der Waals surface area contributed by atoms with Gasteiger partial charge in [-0.15, -0.1) is 11.3 Å². The molecule has 0 amide bonds. The molecule has 0 aliphatic heterocycles. The van der Waals surface area contributed by atoms with Crippen LogP contribution in [0.5, 0.6) is 0 Å². The largest absolute Gasteiger partial charge is 0.372 e. The highest BCUT2D eigenvalue weighted by atomic mass is 35.5. The Morgan fingerprint density at radius 1 is 1.23 bits per heavy atom. The summed E-state index contributed by atoms with van der Waals surface area (Å²) in [6.45, 7) is 2.12. The van der Waals surface area contributed by atoms with Gasteiger partial charge in [0.2, 0.25) is 10.0 Å². The first-order valence-corrected chi connectivity index (χ1v) is 9.47. The molecule has 2 rings (SSSR count). The van der Waals surface area contributed by atoms with Crippen molar-refractivity contribution in [1.82, 2.24) is 4.72 Å². The molecule has 120 valence electrons. The molecule has 1 heterocycles. The summed E-state index contributed by atoms with van der Waals surface area (Å²) in [6, 6.07) is 12.7. The Morgan fingerprint density at radius 3 is 2.41 bits per heavy atom. The lowest BCUT2D eigenvalue weighted by Crippen LogP contribution is -2.41. The fourth-order valence-electron chi connectivity index (χ4n) is 2.23. The first kappa shape index (κ1) is 17.4. The predicted octanol–water partition coefficient (Wildman–Crippen LogP) is 3.63. The lowest BCUT2D eigenvalue weighted by Gasteiger charge is -2.32. The van der Waals surface area contributed by atoms with E-state index in [1.807, 2.05) is 37.3 Å². The molecule has 1 aromatic heterocycles. The number of hydrogen-bond donors (Lipinski definition) is 1. The molecule has 0 spiro atoms. The predicted molar refractivity (Wildman–Crippen MR) is 89.9 cm³/mol. The first-order chi connectivity index (χ1) is 10.4. The normalized spacial score (nSPS) is 14.7. The zero-order valence-electron chi connectivity index (χ0n) is 12.4. The second-order valence-corrected chi connectivity index (χ2v) is 8.51. The number of hydrogen-bond acceptors (Lipinski definition) is 4. The van der Waals surface area contributed by atoms with Crippen LogP contribution >= 0.6 is 22.9 Å². The maximum absolute atomic E-state index is 12.3. The van der Waals surface area contributed by atoms with E-state index >= 15 is 0 Å². The number of halogens is 1. The van der Waals surface area contributed by atoms with Gasteiger partial charge in [-0.1, -0.05) is 48.9 Å². The zero-order chi connectivity index (χ0) is 16.2. The van der Waals surface area contributed by atoms with Crippen LogP contribution in [0, 0.1) is 0 Å². The number of thiophene rings is 1. The molecule has 0 fully saturated rings. The molecule has 7 heteroatoms. The number of rotatable bonds is 7. The molecule has 1 N–H and O–H groups in total. The van der Waals surface area contributed by atoms with Gasteiger partial charge in [0.15, 0.2) is 0 Å². The topological polar surface area (TPSA) is 55.4 Å². The van der Waals surface area contributed by atoms with Crippen LogP contribution in [0.3, 0.4) is 0 Å². The van der Waals surface area contributed by atoms with Crippen LogP contribution in [0.1, 0.15) is 18.9 Å². The van der Waals surface area contributed by atoms with Crippen LogP contribution in [-0.2, 0) is 20.4 Å². The molecule has 2 aromatic rings. The van der Waals surface area contributed by atoms with Crippen molar-refractivity contribution >= 4 is 33.0 Å². The van der Waals surface area contributed by atoms with Gasteiger partial charge in [0.05, 0.1) is 4.34 Å². The molecular weight excluding hydrogens is 342 g/mol. The van der Waals surface area contributed by atoms with Crippen molar-refractivity contribution in [3.8, 4) is 0 Å². The minimum absolute atomic E-state index is 0.155. The lowest BCUT2D eigenvalue weighted by molar-refractivity contribution is -0.0133. The standard InChI is InChI=1S/C15H18ClNO3S2/c1-3-15(20-2,12-7-5-4-6-8-12)11-17-22(18,19)14-10-9-13(16)21-14/h4-10,17H,3,11H2,1-2H3. The Hall–Kier alpha value is -0.920. The monoisotopic (exact) mass is 359 g/mol. The lowest BCUT2D eigenvalue weighted by atomic mass is 9.91. The number of sulfonamides is 1. The summed E-state index contributed by atoms with van der Waals surface area (Å²) >= 11 is 6.84. The first-order valence-electron chi connectivity index (χ1n) is 6.79. The van der Waals surface area contributed by atoms with Crippen LogP contribution < -0.4 is 4.72 Å². The third-order valence-electron chi connectivity index (χ3n) is 3.62. The summed E-state index contributed by atoms with van der Waals surface area (Å²) in [5.74, 6) is 0. The molecule has 0 bridgehead atoms. The minimum Gasteiger partial charge on any atom is -0.372 e. The van der Waals surface area contributed by atoms with Crippen molar-refractivity contribution in [1.29, 1.82) is 0 Å². The van der Waals surface area contributed by atoms with E-state index in [2.05, 4.69) is 4.72 Å². The minimum atomic E-state index is -3.60. The zero-order valence-corrected chi connectivity index (χ0v) is 14.8. The maximum atomic E-state index is 12.3. The number of benzene rings is 1. The fourth-order valence-corrected chi connectivity index (χ4v) is 4.84. The van der Waals surface area contributed by atoms with Crippen LogP contribution in [-0.4, -0.2) is 22.1 Å². The molecule has 1 aromatic carbocycles. The second-order valence-electron chi connectivity index (χ2n) is 4.80. The molecule has 0 aliphatic carbocycles. The highest BCUT2D eigenvalue weighted by Crippen LogP contribution is 2.30. The van der Waals surface area contributed by atoms with Crippen molar-refractivity contribution in [2.75, 3.05) is 13.7 Å². The molecular formula is C15H18ClNO3S2. The Balaban J connectivity index is 2.23. The number of methoxy groups -OCH3 is 1. The van der Waals surface area contributed by atoms with E-state index in [0.717, 1.165) is 16.9 Å². The Kier molecular flexibility index (Phi) is 5.63. The van der Waals surface area contributed by atoms with Crippen LogP contribution in [0.4, 0.5) is 0 Å². The quantitative estimate of drug-likeness (QED) is 0.821. The molecule has 4 nitrogen and oxygen atoms in total. The van der Waals surface area contributed by atoms with Crippen LogP contribution in [0.2, 0.25) is 4.34 Å². The van der Waals surface area contributed by atoms with Crippen molar-refractivity contribution in [2.45, 2.75) is 23.2 Å². The van der Waals surface area contributed by atoms with Gasteiger partial charge >= 0.3 is 0 Å². The van der Waals surface area contributed by atoms with Gasteiger partial charge in [0, 0.05) is 13.7 Å². The summed E-state index contributed by atoms with van der Waals surface area (Å²) in [5.41, 5.74) is 0.238. The molecule has 1 unspecified atom stereocenters. The summed E-state index contributed by atoms with van der Waals surface area (Å²) < 4.78 is 33.6. The van der Waals surface area contributed by atoms with E-state index < -0.39 is 15.6 Å². The van der Waals surface area contributed by atoms with Gasteiger partial charge in [-0.2, -0.15) is 0 Å². The molecule has 0 radical (unpaired) electrons. The smallest absolute Gasteiger partial charge is 0.250 e. The van der Waals surface area contributed by atoms with Crippen molar-refractivity contribution in [3.05, 3.63) is 52.4 Å². The van der Waals surface area contributed by atoms with Gasteiger partial charge in [-0.05, 0) is 24.1 Å². The van der Waals surface area contributed by atoms with Gasteiger partial charge in [-0.3, -0.25) is 0 Å². The van der Waals surface area contributed by atoms with Crippen LogP contribution in [0.25, 0.3) is 0 Å². The molecule has 0 saturated heterocycles. The van der Waals surface area contributed by atoms with Crippen molar-refractivity contribution in [2.24, 2.45) is 0 Å². The Labute approximate surface area is 140 Å². The average molecular weight is 360 g/mol. The molecule has 0 aliphatic rings. The van der Waals surface area contributed by atoms with E-state index in [0.29, 0.717) is 10.8 Å². The summed E-state index contributed by atoms with van der Waals surface area (Å²) in [6.07, 6.45) is 0.640.